The highest BCUT2D eigenvalue weighted by molar-refractivity contribution is 6.10. The van der Waals surface area contributed by atoms with Crippen LogP contribution in [0.25, 0.3) is 0 Å². The summed E-state index contributed by atoms with van der Waals surface area (Å²) in [5, 5.41) is 17.2. The molecule has 12 heteroatoms. The fraction of sp³-hybridized carbons (Fsp3) is 0.464. The molecule has 2 fully saturated rings. The van der Waals surface area contributed by atoms with Crippen molar-refractivity contribution in [1.29, 1.82) is 0 Å². The molecule has 8 nitrogen and oxygen atoms in total. The number of nitrogens with zero attached hydrogens (tertiary/aromatic N) is 5. The van der Waals surface area contributed by atoms with Crippen LogP contribution in [0.3, 0.4) is 0 Å². The van der Waals surface area contributed by atoms with E-state index >= 15 is 4.39 Å². The van der Waals surface area contributed by atoms with Crippen molar-refractivity contribution >= 4 is 11.6 Å². The Kier molecular flexibility index (Phi) is 6.28. The largest absolute Gasteiger partial charge is 0.416 e. The second kappa shape index (κ2) is 9.35. The van der Waals surface area contributed by atoms with Crippen LogP contribution < -0.4 is 4.90 Å². The third-order valence-corrected chi connectivity index (χ3v) is 8.32. The summed E-state index contributed by atoms with van der Waals surface area (Å²) >= 11 is 0. The van der Waals surface area contributed by atoms with Crippen molar-refractivity contribution < 1.29 is 32.2 Å². The summed E-state index contributed by atoms with van der Waals surface area (Å²) in [6.07, 6.45) is -4.77. The Bertz CT molecular complexity index is 1460. The monoisotopic (exact) mass is 559 g/mol. The number of aliphatic hydroxyl groups is 1. The Morgan fingerprint density at radius 2 is 1.93 bits per heavy atom. The lowest BCUT2D eigenvalue weighted by Crippen LogP contribution is -2.55. The molecule has 1 amide bonds. The molecule has 3 aromatic rings. The molecule has 0 spiro atoms. The number of amides is 1. The number of carbonyl (C=O) groups excluding carboxylic acids is 1. The lowest BCUT2D eigenvalue weighted by Gasteiger charge is -2.47. The van der Waals surface area contributed by atoms with Crippen LogP contribution in [0, 0.1) is 5.41 Å². The summed E-state index contributed by atoms with van der Waals surface area (Å²) in [6.45, 7) is 3.22. The number of halogens is 4. The molecule has 3 aliphatic rings. The van der Waals surface area contributed by atoms with Crippen molar-refractivity contribution in [3.8, 4) is 0 Å². The van der Waals surface area contributed by atoms with E-state index in [1.807, 2.05) is 11.8 Å². The Morgan fingerprint density at radius 3 is 2.52 bits per heavy atom. The first kappa shape index (κ1) is 26.9. The first-order chi connectivity index (χ1) is 18.9. The molecule has 1 atom stereocenters. The SMILES string of the molecule is Cn1cnnc1[C@@H](F)C1(c2cccc(N3Cc4c(cc(CN5CC(C)(CO)C5)cc4C(F)(F)F)C3=O)c2)COC1. The molecule has 0 aliphatic carbocycles. The van der Waals surface area contributed by atoms with E-state index in [1.165, 1.54) is 21.9 Å². The fourth-order valence-corrected chi connectivity index (χ4v) is 6.06. The van der Waals surface area contributed by atoms with Gasteiger partial charge in [-0.1, -0.05) is 19.1 Å². The molecule has 0 unspecified atom stereocenters. The zero-order valence-corrected chi connectivity index (χ0v) is 22.1. The minimum Gasteiger partial charge on any atom is -0.396 e. The van der Waals surface area contributed by atoms with Crippen molar-refractivity contribution in [2.45, 2.75) is 37.8 Å². The van der Waals surface area contributed by atoms with Gasteiger partial charge < -0.3 is 19.3 Å². The van der Waals surface area contributed by atoms with Crippen molar-refractivity contribution in [2.75, 3.05) is 37.8 Å². The molecule has 0 saturated carbocycles. The molecular formula is C28H29F4N5O3. The van der Waals surface area contributed by atoms with E-state index in [1.54, 1.807) is 31.3 Å². The number of hydrogen-bond acceptors (Lipinski definition) is 6. The van der Waals surface area contributed by atoms with Crippen LogP contribution in [0.1, 0.15) is 51.5 Å². The van der Waals surface area contributed by atoms with Crippen LogP contribution in [0.5, 0.6) is 0 Å². The van der Waals surface area contributed by atoms with Gasteiger partial charge in [0.05, 0.1) is 37.3 Å². The minimum atomic E-state index is -4.64. The zero-order valence-electron chi connectivity index (χ0n) is 22.1. The number of benzene rings is 2. The van der Waals surface area contributed by atoms with Gasteiger partial charge in [0.15, 0.2) is 12.0 Å². The summed E-state index contributed by atoms with van der Waals surface area (Å²) < 4.78 is 65.2. The maximum Gasteiger partial charge on any atom is 0.416 e. The highest BCUT2D eigenvalue weighted by atomic mass is 19.4. The zero-order chi connectivity index (χ0) is 28.4. The molecule has 212 valence electrons. The Balaban J connectivity index is 1.31. The normalized spacial score (nSPS) is 20.7. The van der Waals surface area contributed by atoms with Crippen LogP contribution >= 0.6 is 0 Å². The van der Waals surface area contributed by atoms with Gasteiger partial charge in [-0.3, -0.25) is 9.69 Å². The number of aryl methyl sites for hydroxylation is 1. The number of fused-ring (bicyclic) bond motifs is 1. The molecular weight excluding hydrogens is 530 g/mol. The highest BCUT2D eigenvalue weighted by Crippen LogP contribution is 2.47. The maximum atomic E-state index is 15.8. The molecule has 1 N–H and O–H groups in total. The average Bonchev–Trinajstić information content (AvgIpc) is 3.44. The van der Waals surface area contributed by atoms with E-state index in [-0.39, 0.29) is 55.3 Å². The number of carbonyl (C=O) groups is 1. The van der Waals surface area contributed by atoms with Gasteiger partial charge in [-0.05, 0) is 41.0 Å². The lowest BCUT2D eigenvalue weighted by atomic mass is 9.74. The van der Waals surface area contributed by atoms with Crippen LogP contribution in [0.4, 0.5) is 23.2 Å². The topological polar surface area (TPSA) is 83.7 Å². The maximum absolute atomic E-state index is 15.8. The van der Waals surface area contributed by atoms with Crippen LogP contribution in [0.15, 0.2) is 42.7 Å². The molecule has 40 heavy (non-hydrogen) atoms. The van der Waals surface area contributed by atoms with Crippen molar-refractivity contribution in [2.24, 2.45) is 12.5 Å². The van der Waals surface area contributed by atoms with Crippen molar-refractivity contribution in [3.05, 3.63) is 76.4 Å². The van der Waals surface area contributed by atoms with Gasteiger partial charge in [0, 0.05) is 43.3 Å². The van der Waals surface area contributed by atoms with Gasteiger partial charge in [-0.15, -0.1) is 10.2 Å². The number of anilines is 1. The van der Waals surface area contributed by atoms with Gasteiger partial charge in [0.2, 0.25) is 0 Å². The first-order valence-electron chi connectivity index (χ1n) is 13.0. The Labute approximate surface area is 228 Å². The fourth-order valence-electron chi connectivity index (χ4n) is 6.06. The molecule has 2 saturated heterocycles. The Hall–Kier alpha value is -3.35. The lowest BCUT2D eigenvalue weighted by molar-refractivity contribution is -0.138. The quantitative estimate of drug-likeness (QED) is 0.444. The number of ether oxygens (including phenoxy) is 1. The average molecular weight is 560 g/mol. The van der Waals surface area contributed by atoms with Gasteiger partial charge in [-0.25, -0.2) is 4.39 Å². The second-order valence-corrected chi connectivity index (χ2v) is 11.5. The van der Waals surface area contributed by atoms with E-state index in [2.05, 4.69) is 10.2 Å². The summed E-state index contributed by atoms with van der Waals surface area (Å²) in [5.41, 5.74) is -0.864. The molecule has 0 radical (unpaired) electrons. The van der Waals surface area contributed by atoms with Crippen molar-refractivity contribution in [3.63, 3.8) is 0 Å². The molecule has 0 bridgehead atoms. The number of alkyl halides is 4. The first-order valence-corrected chi connectivity index (χ1v) is 13.0. The molecule has 4 heterocycles. The summed E-state index contributed by atoms with van der Waals surface area (Å²) in [6, 6.07) is 9.35. The minimum absolute atomic E-state index is 0.00313. The van der Waals surface area contributed by atoms with Crippen molar-refractivity contribution in [1.82, 2.24) is 19.7 Å². The van der Waals surface area contributed by atoms with Gasteiger partial charge in [-0.2, -0.15) is 13.2 Å². The Morgan fingerprint density at radius 1 is 1.18 bits per heavy atom. The van der Waals surface area contributed by atoms with Gasteiger partial charge in [0.1, 0.15) is 6.33 Å². The molecule has 2 aromatic carbocycles. The summed E-state index contributed by atoms with van der Waals surface area (Å²) in [5.74, 6) is -0.394. The van der Waals surface area contributed by atoms with Crippen LogP contribution in [-0.2, 0) is 36.5 Å². The van der Waals surface area contributed by atoms with E-state index in [9.17, 15) is 23.1 Å². The predicted molar refractivity (Wildman–Crippen MR) is 136 cm³/mol. The number of aromatic nitrogens is 3. The third kappa shape index (κ3) is 4.29. The second-order valence-electron chi connectivity index (χ2n) is 11.5. The predicted octanol–water partition coefficient (Wildman–Crippen LogP) is 3.79. The smallest absolute Gasteiger partial charge is 0.396 e. The molecule has 1 aromatic heterocycles. The molecule has 3 aliphatic heterocycles. The van der Waals surface area contributed by atoms with E-state index in [0.29, 0.717) is 29.9 Å². The van der Waals surface area contributed by atoms with Crippen LogP contribution in [0.2, 0.25) is 0 Å². The summed E-state index contributed by atoms with van der Waals surface area (Å²) in [7, 11) is 1.64. The van der Waals surface area contributed by atoms with E-state index < -0.39 is 29.2 Å². The standard InChI is InChI=1S/C28H29F4N5O3/c1-26(13-38)11-36(12-26)9-17-6-20-21(22(7-17)28(30,31)32)10-37(25(20)39)19-5-3-4-18(8-19)27(14-40-15-27)23(29)24-34-33-16-35(24)2/h3-8,16,23,38H,9-15H2,1-2H3/t23-/m1/s1. The molecule has 6 rings (SSSR count). The highest BCUT2D eigenvalue weighted by Gasteiger charge is 2.51. The summed E-state index contributed by atoms with van der Waals surface area (Å²) in [4.78, 5) is 16.8. The number of aliphatic hydroxyl groups excluding tert-OH is 1. The van der Waals surface area contributed by atoms with Crippen LogP contribution in [-0.4, -0.2) is 63.6 Å². The van der Waals surface area contributed by atoms with Gasteiger partial charge in [0.25, 0.3) is 5.91 Å². The number of likely N-dealkylation sites (tertiary alicyclic amines) is 1. The third-order valence-electron chi connectivity index (χ3n) is 8.32. The number of rotatable bonds is 7. The van der Waals surface area contributed by atoms with E-state index in [0.717, 1.165) is 6.07 Å². The number of hydrogen-bond donors (Lipinski definition) is 1. The van der Waals surface area contributed by atoms with Gasteiger partial charge >= 0.3 is 6.18 Å². The van der Waals surface area contributed by atoms with E-state index in [4.69, 9.17) is 4.74 Å².